The third-order valence-electron chi connectivity index (χ3n) is 3.37. The predicted octanol–water partition coefficient (Wildman–Crippen LogP) is 4.52. The van der Waals surface area contributed by atoms with Crippen LogP contribution < -0.4 is 20.6 Å². The number of halogens is 1. The summed E-state index contributed by atoms with van der Waals surface area (Å²) in [5, 5.41) is 6.55. The van der Waals surface area contributed by atoms with E-state index in [2.05, 4.69) is 31.4 Å². The van der Waals surface area contributed by atoms with E-state index >= 15 is 0 Å². The molecule has 1 aromatic heterocycles. The predicted molar refractivity (Wildman–Crippen MR) is 109 cm³/mol. The maximum Gasteiger partial charge on any atom is 0.205 e. The van der Waals surface area contributed by atoms with E-state index in [1.807, 2.05) is 42.5 Å². The Morgan fingerprint density at radius 2 is 2.15 bits per heavy atom. The van der Waals surface area contributed by atoms with Crippen LogP contribution in [-0.4, -0.2) is 18.3 Å². The number of aromatic nitrogens is 1. The molecule has 6 nitrogen and oxygen atoms in total. The van der Waals surface area contributed by atoms with Crippen molar-refractivity contribution in [2.24, 2.45) is 5.10 Å². The van der Waals surface area contributed by atoms with Crippen LogP contribution in [0.15, 0.2) is 57.4 Å². The van der Waals surface area contributed by atoms with Crippen LogP contribution in [0, 0.1) is 0 Å². The number of nitrogens with one attached hydrogen (secondary N) is 1. The molecule has 0 saturated heterocycles. The highest BCUT2D eigenvalue weighted by molar-refractivity contribution is 9.10. The van der Waals surface area contributed by atoms with Gasteiger partial charge in [0.15, 0.2) is 11.5 Å². The molecule has 26 heavy (non-hydrogen) atoms. The lowest BCUT2D eigenvalue weighted by Gasteiger charge is -2.11. The van der Waals surface area contributed by atoms with Gasteiger partial charge in [-0.2, -0.15) is 5.10 Å². The number of hydrogen-bond donors (Lipinski definition) is 2. The molecule has 134 valence electrons. The normalized spacial score (nSPS) is 10.8. The molecule has 8 heteroatoms. The van der Waals surface area contributed by atoms with Crippen LogP contribution in [0.4, 0.5) is 10.9 Å². The average molecular weight is 433 g/mol. The van der Waals surface area contributed by atoms with E-state index in [4.69, 9.17) is 15.2 Å². The van der Waals surface area contributed by atoms with Crippen LogP contribution in [0.2, 0.25) is 0 Å². The lowest BCUT2D eigenvalue weighted by molar-refractivity contribution is 0.284. The fraction of sp³-hybridized carbons (Fsp3) is 0.111. The van der Waals surface area contributed by atoms with Gasteiger partial charge in [0.25, 0.3) is 0 Å². The fourth-order valence-corrected chi connectivity index (χ4v) is 3.17. The second-order valence-electron chi connectivity index (χ2n) is 5.28. The van der Waals surface area contributed by atoms with Crippen LogP contribution in [0.1, 0.15) is 11.1 Å². The maximum atomic E-state index is 5.92. The first kappa shape index (κ1) is 18.2. The first-order chi connectivity index (χ1) is 12.6. The molecule has 0 amide bonds. The number of nitrogens with two attached hydrogens (primary N) is 1. The van der Waals surface area contributed by atoms with Gasteiger partial charge < -0.3 is 15.2 Å². The summed E-state index contributed by atoms with van der Waals surface area (Å²) in [6.45, 7) is 0.438. The zero-order chi connectivity index (χ0) is 18.4. The van der Waals surface area contributed by atoms with E-state index in [-0.39, 0.29) is 0 Å². The van der Waals surface area contributed by atoms with Crippen LogP contribution in [0.3, 0.4) is 0 Å². The van der Waals surface area contributed by atoms with Gasteiger partial charge in [0.05, 0.1) is 13.3 Å². The van der Waals surface area contributed by atoms with Gasteiger partial charge in [-0.25, -0.2) is 4.98 Å². The first-order valence-electron chi connectivity index (χ1n) is 7.69. The highest BCUT2D eigenvalue weighted by Gasteiger charge is 2.06. The molecule has 1 heterocycles. The third kappa shape index (κ3) is 4.96. The van der Waals surface area contributed by atoms with Crippen molar-refractivity contribution in [2.45, 2.75) is 6.61 Å². The van der Waals surface area contributed by atoms with Gasteiger partial charge in [-0.15, -0.1) is 11.3 Å². The van der Waals surface area contributed by atoms with Gasteiger partial charge in [0, 0.05) is 9.85 Å². The Hall–Kier alpha value is -2.58. The molecule has 3 aromatic rings. The Bertz CT molecular complexity index is 914. The number of hydrogen-bond acceptors (Lipinski definition) is 7. The number of hydrazone groups is 1. The number of anilines is 2. The topological polar surface area (TPSA) is 81.8 Å². The average Bonchev–Trinajstić information content (AvgIpc) is 3.05. The summed E-state index contributed by atoms with van der Waals surface area (Å²) in [5.41, 5.74) is 10.4. The van der Waals surface area contributed by atoms with Crippen molar-refractivity contribution in [1.82, 2.24) is 4.98 Å². The summed E-state index contributed by atoms with van der Waals surface area (Å²) in [7, 11) is 1.61. The van der Waals surface area contributed by atoms with E-state index in [0.717, 1.165) is 15.6 Å². The molecule has 0 aliphatic carbocycles. The van der Waals surface area contributed by atoms with Crippen molar-refractivity contribution in [3.05, 3.63) is 63.4 Å². The molecular formula is C18H17BrN4O2S. The Morgan fingerprint density at radius 1 is 1.27 bits per heavy atom. The SMILES string of the molecule is COc1ccc(C=NNc2nc(N)cs2)cc1OCc1cccc(Br)c1. The highest BCUT2D eigenvalue weighted by atomic mass is 79.9. The molecule has 0 spiro atoms. The number of ether oxygens (including phenoxy) is 2. The molecule has 3 N–H and O–H groups in total. The summed E-state index contributed by atoms with van der Waals surface area (Å²) in [6.07, 6.45) is 1.68. The van der Waals surface area contributed by atoms with Crippen molar-refractivity contribution in [3.63, 3.8) is 0 Å². The van der Waals surface area contributed by atoms with Gasteiger partial charge in [0.1, 0.15) is 12.4 Å². The van der Waals surface area contributed by atoms with Gasteiger partial charge in [-0.3, -0.25) is 5.43 Å². The molecular weight excluding hydrogens is 416 g/mol. The van der Waals surface area contributed by atoms with Gasteiger partial charge in [0.2, 0.25) is 5.13 Å². The maximum absolute atomic E-state index is 5.92. The lowest BCUT2D eigenvalue weighted by Crippen LogP contribution is -1.99. The minimum atomic E-state index is 0.438. The largest absolute Gasteiger partial charge is 0.493 e. The summed E-state index contributed by atoms with van der Waals surface area (Å²) < 4.78 is 12.3. The molecule has 0 unspecified atom stereocenters. The van der Waals surface area contributed by atoms with Crippen molar-refractivity contribution in [1.29, 1.82) is 0 Å². The molecule has 0 aliphatic rings. The van der Waals surface area contributed by atoms with Crippen molar-refractivity contribution in [3.8, 4) is 11.5 Å². The molecule has 0 aliphatic heterocycles. The van der Waals surface area contributed by atoms with Gasteiger partial charge in [-0.1, -0.05) is 28.1 Å². The standard InChI is InChI=1S/C18H17BrN4O2S/c1-24-15-6-5-12(9-21-23-18-22-17(20)11-26-18)8-16(15)25-10-13-3-2-4-14(19)7-13/h2-9,11H,10,20H2,1H3,(H,22,23). The van der Waals surface area contributed by atoms with Crippen LogP contribution in [0.25, 0.3) is 0 Å². The summed E-state index contributed by atoms with van der Waals surface area (Å²) in [5.74, 6) is 1.79. The van der Waals surface area contributed by atoms with Gasteiger partial charge >= 0.3 is 0 Å². The summed E-state index contributed by atoms with van der Waals surface area (Å²) in [6, 6.07) is 13.6. The van der Waals surface area contributed by atoms with Crippen LogP contribution in [-0.2, 0) is 6.61 Å². The monoisotopic (exact) mass is 432 g/mol. The zero-order valence-corrected chi connectivity index (χ0v) is 16.4. The second-order valence-corrected chi connectivity index (χ2v) is 7.05. The third-order valence-corrected chi connectivity index (χ3v) is 4.63. The molecule has 0 radical (unpaired) electrons. The molecule has 3 rings (SSSR count). The fourth-order valence-electron chi connectivity index (χ4n) is 2.17. The van der Waals surface area contributed by atoms with Crippen molar-refractivity contribution in [2.75, 3.05) is 18.3 Å². The van der Waals surface area contributed by atoms with E-state index in [0.29, 0.717) is 29.1 Å². The Kier molecular flexibility index (Phi) is 6.08. The number of nitrogen functional groups attached to an aromatic ring is 1. The van der Waals surface area contributed by atoms with Gasteiger partial charge in [-0.05, 0) is 41.5 Å². The highest BCUT2D eigenvalue weighted by Crippen LogP contribution is 2.28. The molecule has 0 bridgehead atoms. The molecule has 2 aromatic carbocycles. The minimum Gasteiger partial charge on any atom is -0.493 e. The summed E-state index contributed by atoms with van der Waals surface area (Å²) >= 11 is 4.85. The van der Waals surface area contributed by atoms with Crippen molar-refractivity contribution >= 4 is 44.4 Å². The zero-order valence-electron chi connectivity index (χ0n) is 14.0. The number of thiazole rings is 1. The Labute approximate surface area is 163 Å². The smallest absolute Gasteiger partial charge is 0.205 e. The van der Waals surface area contributed by atoms with Crippen molar-refractivity contribution < 1.29 is 9.47 Å². The van der Waals surface area contributed by atoms with E-state index in [9.17, 15) is 0 Å². The van der Waals surface area contributed by atoms with Crippen LogP contribution >= 0.6 is 27.3 Å². The Balaban J connectivity index is 1.69. The van der Waals surface area contributed by atoms with Crippen LogP contribution in [0.5, 0.6) is 11.5 Å². The van der Waals surface area contributed by atoms with E-state index in [1.54, 1.807) is 18.7 Å². The Morgan fingerprint density at radius 3 is 2.88 bits per heavy atom. The molecule has 0 saturated carbocycles. The number of rotatable bonds is 7. The lowest BCUT2D eigenvalue weighted by atomic mass is 10.2. The quantitative estimate of drug-likeness (QED) is 0.423. The minimum absolute atomic E-state index is 0.438. The first-order valence-corrected chi connectivity index (χ1v) is 9.36. The number of methoxy groups -OCH3 is 1. The number of benzene rings is 2. The van der Waals surface area contributed by atoms with E-state index < -0.39 is 0 Å². The van der Waals surface area contributed by atoms with E-state index in [1.165, 1.54) is 11.3 Å². The molecule has 0 atom stereocenters. The number of nitrogens with zero attached hydrogens (tertiary/aromatic N) is 2. The molecule has 0 fully saturated rings. The summed E-state index contributed by atoms with van der Waals surface area (Å²) in [4.78, 5) is 4.08. The second kappa shape index (κ2) is 8.68.